The first-order chi connectivity index (χ1) is 11.6. The van der Waals surface area contributed by atoms with Crippen LogP contribution in [-0.4, -0.2) is 17.2 Å². The molecule has 2 nitrogen and oxygen atoms in total. The SMILES string of the molecule is CC[C@@H](Sc1ccc(Cl)cc1)C(=O)N[C@@H](C)CCc1ccccc1. The summed E-state index contributed by atoms with van der Waals surface area (Å²) in [6, 6.07) is 18.2. The van der Waals surface area contributed by atoms with E-state index in [1.165, 1.54) is 5.56 Å². The molecule has 0 spiro atoms. The summed E-state index contributed by atoms with van der Waals surface area (Å²) in [5.74, 6) is 0.109. The fraction of sp³-hybridized carbons (Fsp3) is 0.350. The molecule has 128 valence electrons. The first kappa shape index (κ1) is 18.9. The lowest BCUT2D eigenvalue weighted by Gasteiger charge is -2.19. The average molecular weight is 362 g/mol. The van der Waals surface area contributed by atoms with Gasteiger partial charge < -0.3 is 5.32 Å². The summed E-state index contributed by atoms with van der Waals surface area (Å²) in [6.45, 7) is 4.11. The highest BCUT2D eigenvalue weighted by atomic mass is 35.5. The number of rotatable bonds is 8. The number of aryl methyl sites for hydroxylation is 1. The number of hydrogen-bond donors (Lipinski definition) is 1. The molecule has 2 aromatic rings. The van der Waals surface area contributed by atoms with Crippen LogP contribution in [0.2, 0.25) is 5.02 Å². The Hall–Kier alpha value is -1.45. The molecule has 0 fully saturated rings. The topological polar surface area (TPSA) is 29.1 Å². The van der Waals surface area contributed by atoms with Gasteiger partial charge in [-0.15, -0.1) is 11.8 Å². The maximum absolute atomic E-state index is 12.5. The van der Waals surface area contributed by atoms with Gasteiger partial charge in [-0.05, 0) is 56.0 Å². The van der Waals surface area contributed by atoms with Gasteiger partial charge in [0.1, 0.15) is 0 Å². The highest BCUT2D eigenvalue weighted by molar-refractivity contribution is 8.00. The third kappa shape index (κ3) is 6.21. The fourth-order valence-electron chi connectivity index (χ4n) is 2.44. The quantitative estimate of drug-likeness (QED) is 0.642. The number of amides is 1. The third-order valence-corrected chi connectivity index (χ3v) is 5.48. The molecular weight excluding hydrogens is 338 g/mol. The van der Waals surface area contributed by atoms with Crippen LogP contribution in [0.1, 0.15) is 32.3 Å². The van der Waals surface area contributed by atoms with E-state index in [4.69, 9.17) is 11.6 Å². The van der Waals surface area contributed by atoms with Gasteiger partial charge >= 0.3 is 0 Å². The summed E-state index contributed by atoms with van der Waals surface area (Å²) in [5, 5.41) is 3.78. The van der Waals surface area contributed by atoms with E-state index in [0.29, 0.717) is 5.02 Å². The smallest absolute Gasteiger partial charge is 0.233 e. The number of nitrogens with one attached hydrogen (secondary N) is 1. The summed E-state index contributed by atoms with van der Waals surface area (Å²) >= 11 is 7.50. The molecule has 0 saturated carbocycles. The third-order valence-electron chi connectivity index (χ3n) is 3.85. The van der Waals surface area contributed by atoms with E-state index in [1.54, 1.807) is 11.8 Å². The van der Waals surface area contributed by atoms with Crippen molar-refractivity contribution < 1.29 is 4.79 Å². The zero-order valence-corrected chi connectivity index (χ0v) is 15.7. The van der Waals surface area contributed by atoms with Crippen molar-refractivity contribution in [1.29, 1.82) is 0 Å². The van der Waals surface area contributed by atoms with Gasteiger partial charge in [-0.25, -0.2) is 0 Å². The van der Waals surface area contributed by atoms with Crippen LogP contribution in [0.5, 0.6) is 0 Å². The first-order valence-corrected chi connectivity index (χ1v) is 9.60. The van der Waals surface area contributed by atoms with Gasteiger partial charge in [-0.2, -0.15) is 0 Å². The number of thioether (sulfide) groups is 1. The van der Waals surface area contributed by atoms with Crippen LogP contribution in [0.3, 0.4) is 0 Å². The molecular formula is C20H24ClNOS. The van der Waals surface area contributed by atoms with Crippen molar-refractivity contribution in [1.82, 2.24) is 5.32 Å². The maximum atomic E-state index is 12.5. The van der Waals surface area contributed by atoms with E-state index < -0.39 is 0 Å². The molecule has 0 heterocycles. The number of carbonyl (C=O) groups excluding carboxylic acids is 1. The molecule has 1 amide bonds. The van der Waals surface area contributed by atoms with Crippen molar-refractivity contribution >= 4 is 29.3 Å². The molecule has 0 aromatic heterocycles. The molecule has 2 rings (SSSR count). The first-order valence-electron chi connectivity index (χ1n) is 8.35. The summed E-state index contributed by atoms with van der Waals surface area (Å²) in [5.41, 5.74) is 1.31. The van der Waals surface area contributed by atoms with Crippen molar-refractivity contribution in [3.63, 3.8) is 0 Å². The second-order valence-corrected chi connectivity index (χ2v) is 7.62. The Morgan fingerprint density at radius 2 is 1.79 bits per heavy atom. The molecule has 0 saturated heterocycles. The molecule has 2 atom stereocenters. The maximum Gasteiger partial charge on any atom is 0.233 e. The Bertz CT molecular complexity index is 630. The molecule has 0 unspecified atom stereocenters. The molecule has 24 heavy (non-hydrogen) atoms. The highest BCUT2D eigenvalue weighted by Crippen LogP contribution is 2.27. The lowest BCUT2D eigenvalue weighted by molar-refractivity contribution is -0.121. The molecule has 0 aliphatic heterocycles. The van der Waals surface area contributed by atoms with E-state index in [9.17, 15) is 4.79 Å². The highest BCUT2D eigenvalue weighted by Gasteiger charge is 2.19. The van der Waals surface area contributed by atoms with Crippen LogP contribution in [0, 0.1) is 0 Å². The van der Waals surface area contributed by atoms with Crippen LogP contribution in [0.4, 0.5) is 0 Å². The van der Waals surface area contributed by atoms with Gasteiger partial charge in [0.25, 0.3) is 0 Å². The predicted octanol–water partition coefficient (Wildman–Crippen LogP) is 5.35. The van der Waals surface area contributed by atoms with Crippen LogP contribution in [-0.2, 0) is 11.2 Å². The number of hydrogen-bond acceptors (Lipinski definition) is 2. The van der Waals surface area contributed by atoms with Crippen molar-refractivity contribution in [2.45, 2.75) is 49.3 Å². The zero-order chi connectivity index (χ0) is 17.4. The summed E-state index contributed by atoms with van der Waals surface area (Å²) in [6.07, 6.45) is 2.71. The van der Waals surface area contributed by atoms with Gasteiger partial charge in [0.2, 0.25) is 5.91 Å². The van der Waals surface area contributed by atoms with E-state index in [0.717, 1.165) is 24.2 Å². The molecule has 0 aliphatic carbocycles. The lowest BCUT2D eigenvalue weighted by Crippen LogP contribution is -2.38. The largest absolute Gasteiger partial charge is 0.353 e. The molecule has 0 radical (unpaired) electrons. The summed E-state index contributed by atoms with van der Waals surface area (Å²) in [7, 11) is 0. The Morgan fingerprint density at radius 3 is 2.42 bits per heavy atom. The Kier molecular flexibility index (Phi) is 7.67. The number of halogens is 1. The summed E-state index contributed by atoms with van der Waals surface area (Å²) in [4.78, 5) is 13.6. The van der Waals surface area contributed by atoms with Crippen LogP contribution < -0.4 is 5.32 Å². The zero-order valence-electron chi connectivity index (χ0n) is 14.2. The number of benzene rings is 2. The van der Waals surface area contributed by atoms with Gasteiger partial charge in [-0.3, -0.25) is 4.79 Å². The van der Waals surface area contributed by atoms with Crippen molar-refractivity contribution in [2.75, 3.05) is 0 Å². The van der Waals surface area contributed by atoms with E-state index in [2.05, 4.69) is 36.5 Å². The second kappa shape index (κ2) is 9.75. The number of carbonyl (C=O) groups is 1. The van der Waals surface area contributed by atoms with E-state index in [-0.39, 0.29) is 17.2 Å². The van der Waals surface area contributed by atoms with Crippen molar-refractivity contribution in [3.05, 3.63) is 65.2 Å². The van der Waals surface area contributed by atoms with Gasteiger partial charge in [0.15, 0.2) is 0 Å². The molecule has 2 aromatic carbocycles. The minimum Gasteiger partial charge on any atom is -0.353 e. The normalized spacial score (nSPS) is 13.3. The molecule has 1 N–H and O–H groups in total. The predicted molar refractivity (Wildman–Crippen MR) is 104 cm³/mol. The van der Waals surface area contributed by atoms with Gasteiger partial charge in [0, 0.05) is 16.0 Å². The van der Waals surface area contributed by atoms with Gasteiger partial charge in [-0.1, -0.05) is 48.9 Å². The Balaban J connectivity index is 1.83. The van der Waals surface area contributed by atoms with E-state index >= 15 is 0 Å². The standard InChI is InChI=1S/C20H24ClNOS/c1-3-19(24-18-13-11-17(21)12-14-18)20(23)22-15(2)9-10-16-7-5-4-6-8-16/h4-8,11-15,19H,3,9-10H2,1-2H3,(H,22,23)/t15-,19+/m0/s1. The molecule has 0 bridgehead atoms. The fourth-order valence-corrected chi connectivity index (χ4v) is 3.52. The van der Waals surface area contributed by atoms with Gasteiger partial charge in [0.05, 0.1) is 5.25 Å². The van der Waals surface area contributed by atoms with Crippen molar-refractivity contribution in [3.8, 4) is 0 Å². The average Bonchev–Trinajstić information content (AvgIpc) is 2.60. The minimum absolute atomic E-state index is 0.0784. The monoisotopic (exact) mass is 361 g/mol. The summed E-state index contributed by atoms with van der Waals surface area (Å²) < 4.78 is 0. The van der Waals surface area contributed by atoms with Crippen LogP contribution >= 0.6 is 23.4 Å². The minimum atomic E-state index is -0.0784. The van der Waals surface area contributed by atoms with Crippen LogP contribution in [0.25, 0.3) is 0 Å². The Labute approximate surface area is 154 Å². The Morgan fingerprint density at radius 1 is 1.12 bits per heavy atom. The van der Waals surface area contributed by atoms with Crippen LogP contribution in [0.15, 0.2) is 59.5 Å². The lowest BCUT2D eigenvalue weighted by atomic mass is 10.1. The second-order valence-electron chi connectivity index (χ2n) is 5.90. The van der Waals surface area contributed by atoms with E-state index in [1.807, 2.05) is 37.3 Å². The molecule has 0 aliphatic rings. The van der Waals surface area contributed by atoms with Crippen molar-refractivity contribution in [2.24, 2.45) is 0 Å². The molecule has 4 heteroatoms.